The Bertz CT molecular complexity index is 916. The molecule has 4 heteroatoms. The first-order chi connectivity index (χ1) is 13.7. The van der Waals surface area contributed by atoms with Gasteiger partial charge in [0, 0.05) is 28.9 Å². The number of ether oxygens (including phenoxy) is 1. The van der Waals surface area contributed by atoms with Crippen LogP contribution < -0.4 is 4.74 Å². The maximum Gasteiger partial charge on any atom is 0.122 e. The average Bonchev–Trinajstić information content (AvgIpc) is 3.23. The molecule has 4 rings (SSSR count). The molecule has 0 unspecified atom stereocenters. The van der Waals surface area contributed by atoms with Crippen molar-refractivity contribution in [1.29, 1.82) is 0 Å². The third-order valence-electron chi connectivity index (χ3n) is 5.28. The Morgan fingerprint density at radius 3 is 2.32 bits per heavy atom. The van der Waals surface area contributed by atoms with Crippen LogP contribution in [0, 0.1) is 6.92 Å². The largest absolute Gasteiger partial charge is 0.492 e. The molecule has 0 aliphatic carbocycles. The molecule has 2 heterocycles. The van der Waals surface area contributed by atoms with E-state index in [1.54, 1.807) is 0 Å². The molecule has 0 N–H and O–H groups in total. The molecule has 0 amide bonds. The Balaban J connectivity index is 1.42. The zero-order chi connectivity index (χ0) is 19.3. The molecule has 3 nitrogen and oxygen atoms in total. The van der Waals surface area contributed by atoms with Gasteiger partial charge >= 0.3 is 0 Å². The topological polar surface area (TPSA) is 25.4 Å². The van der Waals surface area contributed by atoms with Gasteiger partial charge < -0.3 is 4.74 Å². The number of aromatic nitrogens is 1. The molecule has 1 aromatic heterocycles. The van der Waals surface area contributed by atoms with E-state index in [9.17, 15) is 0 Å². The molecular formula is C24H25ClN2O. The van der Waals surface area contributed by atoms with E-state index in [1.807, 2.05) is 30.5 Å². The fourth-order valence-electron chi connectivity index (χ4n) is 3.64. The lowest BCUT2D eigenvalue weighted by molar-refractivity contribution is 0.237. The summed E-state index contributed by atoms with van der Waals surface area (Å²) in [5, 5.41) is 0.742. The van der Waals surface area contributed by atoms with E-state index < -0.39 is 0 Å². The number of hydrogen-bond acceptors (Lipinski definition) is 3. The van der Waals surface area contributed by atoms with Gasteiger partial charge in [-0.25, -0.2) is 0 Å². The SMILES string of the molecule is Cc1cc(-c2ccc(-c3ccc(Cl)cc3)cn2)ccc1OCCN1CCCC1. The van der Waals surface area contributed by atoms with Crippen molar-refractivity contribution < 1.29 is 4.74 Å². The first-order valence-corrected chi connectivity index (χ1v) is 10.2. The molecule has 2 aromatic carbocycles. The molecule has 1 fully saturated rings. The maximum absolute atomic E-state index is 6.00. The average molecular weight is 393 g/mol. The summed E-state index contributed by atoms with van der Waals surface area (Å²) in [6.07, 6.45) is 4.55. The Hall–Kier alpha value is -2.36. The lowest BCUT2D eigenvalue weighted by atomic mass is 10.0. The molecule has 0 spiro atoms. The number of halogens is 1. The second kappa shape index (κ2) is 8.76. The van der Waals surface area contributed by atoms with Gasteiger partial charge in [0.05, 0.1) is 5.69 Å². The fraction of sp³-hybridized carbons (Fsp3) is 0.292. The fourth-order valence-corrected chi connectivity index (χ4v) is 3.77. The van der Waals surface area contributed by atoms with Crippen LogP contribution in [0.4, 0.5) is 0 Å². The zero-order valence-corrected chi connectivity index (χ0v) is 17.0. The van der Waals surface area contributed by atoms with Crippen molar-refractivity contribution in [3.63, 3.8) is 0 Å². The lowest BCUT2D eigenvalue weighted by Gasteiger charge is -2.16. The molecule has 3 aromatic rings. The summed E-state index contributed by atoms with van der Waals surface area (Å²) in [4.78, 5) is 7.12. The van der Waals surface area contributed by atoms with Gasteiger partial charge in [-0.2, -0.15) is 0 Å². The monoisotopic (exact) mass is 392 g/mol. The Labute approximate surface area is 171 Å². The lowest BCUT2D eigenvalue weighted by Crippen LogP contribution is -2.25. The van der Waals surface area contributed by atoms with Crippen molar-refractivity contribution in [3.05, 3.63) is 71.4 Å². The highest BCUT2D eigenvalue weighted by atomic mass is 35.5. The summed E-state index contributed by atoms with van der Waals surface area (Å²) in [6, 6.07) is 18.3. The van der Waals surface area contributed by atoms with Gasteiger partial charge in [0.25, 0.3) is 0 Å². The van der Waals surface area contributed by atoms with Crippen LogP contribution >= 0.6 is 11.6 Å². The summed E-state index contributed by atoms with van der Waals surface area (Å²) < 4.78 is 6.00. The Morgan fingerprint density at radius 1 is 0.929 bits per heavy atom. The van der Waals surface area contributed by atoms with E-state index in [4.69, 9.17) is 16.3 Å². The van der Waals surface area contributed by atoms with Gasteiger partial charge in [-0.3, -0.25) is 9.88 Å². The minimum atomic E-state index is 0.742. The first kappa shape index (κ1) is 19.0. The van der Waals surface area contributed by atoms with Gasteiger partial charge in [-0.15, -0.1) is 0 Å². The summed E-state index contributed by atoms with van der Waals surface area (Å²) in [5.41, 5.74) is 5.40. The molecule has 28 heavy (non-hydrogen) atoms. The molecule has 1 aliphatic rings. The number of hydrogen-bond donors (Lipinski definition) is 0. The van der Waals surface area contributed by atoms with E-state index >= 15 is 0 Å². The van der Waals surface area contributed by atoms with Gasteiger partial charge in [0.1, 0.15) is 12.4 Å². The third-order valence-corrected chi connectivity index (χ3v) is 5.53. The van der Waals surface area contributed by atoms with Crippen LogP contribution in [-0.2, 0) is 0 Å². The van der Waals surface area contributed by atoms with E-state index in [0.717, 1.165) is 51.9 Å². The molecule has 0 bridgehead atoms. The van der Waals surface area contributed by atoms with Crippen molar-refractivity contribution in [3.8, 4) is 28.1 Å². The minimum absolute atomic E-state index is 0.742. The smallest absolute Gasteiger partial charge is 0.122 e. The number of nitrogens with zero attached hydrogens (tertiary/aromatic N) is 2. The van der Waals surface area contributed by atoms with Crippen LogP contribution in [0.3, 0.4) is 0 Å². The third kappa shape index (κ3) is 4.54. The molecule has 1 aliphatic heterocycles. The minimum Gasteiger partial charge on any atom is -0.492 e. The van der Waals surface area contributed by atoms with Gasteiger partial charge in [-0.05, 0) is 80.4 Å². The highest BCUT2D eigenvalue weighted by Gasteiger charge is 2.11. The molecule has 144 valence electrons. The van der Waals surface area contributed by atoms with Crippen LogP contribution in [0.25, 0.3) is 22.4 Å². The van der Waals surface area contributed by atoms with E-state index in [1.165, 1.54) is 25.9 Å². The van der Waals surface area contributed by atoms with Gasteiger partial charge in [0.15, 0.2) is 0 Å². The predicted molar refractivity (Wildman–Crippen MR) is 116 cm³/mol. The van der Waals surface area contributed by atoms with Crippen molar-refractivity contribution >= 4 is 11.6 Å². The van der Waals surface area contributed by atoms with Crippen LogP contribution in [0.5, 0.6) is 5.75 Å². The molecule has 0 saturated carbocycles. The Kier molecular flexibility index (Phi) is 5.94. The van der Waals surface area contributed by atoms with Crippen LogP contribution in [-0.4, -0.2) is 36.1 Å². The van der Waals surface area contributed by atoms with E-state index in [-0.39, 0.29) is 0 Å². The summed E-state index contributed by atoms with van der Waals surface area (Å²) >= 11 is 5.97. The molecular weight excluding hydrogens is 368 g/mol. The maximum atomic E-state index is 6.00. The van der Waals surface area contributed by atoms with Gasteiger partial charge in [0.2, 0.25) is 0 Å². The number of likely N-dealkylation sites (tertiary alicyclic amines) is 1. The molecule has 0 atom stereocenters. The predicted octanol–water partition coefficient (Wildman–Crippen LogP) is 5.85. The highest BCUT2D eigenvalue weighted by Crippen LogP contribution is 2.27. The number of benzene rings is 2. The quantitative estimate of drug-likeness (QED) is 0.526. The summed E-state index contributed by atoms with van der Waals surface area (Å²) in [7, 11) is 0. The highest BCUT2D eigenvalue weighted by molar-refractivity contribution is 6.30. The number of pyridine rings is 1. The first-order valence-electron chi connectivity index (χ1n) is 9.87. The second-order valence-corrected chi connectivity index (χ2v) is 7.75. The van der Waals surface area contributed by atoms with Crippen molar-refractivity contribution in [2.24, 2.45) is 0 Å². The van der Waals surface area contributed by atoms with Crippen LogP contribution in [0.2, 0.25) is 5.02 Å². The molecule has 1 saturated heterocycles. The zero-order valence-electron chi connectivity index (χ0n) is 16.2. The van der Waals surface area contributed by atoms with Gasteiger partial charge in [-0.1, -0.05) is 29.8 Å². The van der Waals surface area contributed by atoms with Crippen molar-refractivity contribution in [2.75, 3.05) is 26.2 Å². The molecule has 0 radical (unpaired) electrons. The normalized spacial score (nSPS) is 14.4. The summed E-state index contributed by atoms with van der Waals surface area (Å²) in [6.45, 7) is 6.26. The second-order valence-electron chi connectivity index (χ2n) is 7.32. The van der Waals surface area contributed by atoms with Crippen molar-refractivity contribution in [2.45, 2.75) is 19.8 Å². The number of rotatable bonds is 6. The standard InChI is InChI=1S/C24H25ClN2O/c1-18-16-20(7-11-24(18)28-15-14-27-12-2-3-13-27)23-10-6-21(17-26-23)19-4-8-22(25)9-5-19/h4-11,16-17H,2-3,12-15H2,1H3. The van der Waals surface area contributed by atoms with Crippen LogP contribution in [0.15, 0.2) is 60.8 Å². The van der Waals surface area contributed by atoms with E-state index in [2.05, 4.69) is 47.1 Å². The van der Waals surface area contributed by atoms with E-state index in [0.29, 0.717) is 0 Å². The van der Waals surface area contributed by atoms with Crippen LogP contribution in [0.1, 0.15) is 18.4 Å². The Morgan fingerprint density at radius 2 is 1.64 bits per heavy atom. The number of aryl methyl sites for hydroxylation is 1. The summed E-state index contributed by atoms with van der Waals surface area (Å²) in [5.74, 6) is 0.959. The van der Waals surface area contributed by atoms with Crippen molar-refractivity contribution in [1.82, 2.24) is 9.88 Å².